The van der Waals surface area contributed by atoms with Crippen molar-refractivity contribution < 1.29 is 5.11 Å². The first kappa shape index (κ1) is 13.1. The second-order valence-corrected chi connectivity index (χ2v) is 5.54. The highest BCUT2D eigenvalue weighted by Gasteiger charge is 2.09. The highest BCUT2D eigenvalue weighted by Crippen LogP contribution is 2.27. The van der Waals surface area contributed by atoms with E-state index in [1.54, 1.807) is 0 Å². The summed E-state index contributed by atoms with van der Waals surface area (Å²) in [7, 11) is 0. The number of aliphatic hydroxyl groups is 1. The Morgan fingerprint density at radius 3 is 2.67 bits per heavy atom. The standard InChI is InChI=1S/C15H19NOS/c1-3-13-8-9-15(18-13)11(2)16-14-7-5-4-6-12(14)10-17/h4-9,11,16-17H,3,10H2,1-2H3. The van der Waals surface area contributed by atoms with Crippen LogP contribution in [0.3, 0.4) is 0 Å². The topological polar surface area (TPSA) is 32.3 Å². The molecular formula is C15H19NOS. The molecule has 0 bridgehead atoms. The lowest BCUT2D eigenvalue weighted by Gasteiger charge is -2.16. The van der Waals surface area contributed by atoms with Crippen LogP contribution in [0.1, 0.15) is 35.2 Å². The lowest BCUT2D eigenvalue weighted by molar-refractivity contribution is 0.282. The average Bonchev–Trinajstić information content (AvgIpc) is 2.88. The van der Waals surface area contributed by atoms with Crippen LogP contribution in [0, 0.1) is 0 Å². The second kappa shape index (κ2) is 6.03. The van der Waals surface area contributed by atoms with Crippen LogP contribution >= 0.6 is 11.3 Å². The van der Waals surface area contributed by atoms with Crippen molar-refractivity contribution in [1.82, 2.24) is 0 Å². The Morgan fingerprint density at radius 2 is 2.00 bits per heavy atom. The van der Waals surface area contributed by atoms with Crippen molar-refractivity contribution in [2.24, 2.45) is 0 Å². The fourth-order valence-corrected chi connectivity index (χ4v) is 2.88. The monoisotopic (exact) mass is 261 g/mol. The molecule has 2 nitrogen and oxygen atoms in total. The van der Waals surface area contributed by atoms with E-state index in [-0.39, 0.29) is 12.6 Å². The van der Waals surface area contributed by atoms with Crippen LogP contribution < -0.4 is 5.32 Å². The molecule has 0 fully saturated rings. The third-order valence-electron chi connectivity index (χ3n) is 3.02. The van der Waals surface area contributed by atoms with Gasteiger partial charge in [0, 0.05) is 21.0 Å². The largest absolute Gasteiger partial charge is 0.392 e. The molecule has 0 spiro atoms. The molecule has 2 rings (SSSR count). The maximum absolute atomic E-state index is 9.31. The summed E-state index contributed by atoms with van der Waals surface area (Å²) in [5, 5.41) is 12.8. The lowest BCUT2D eigenvalue weighted by Crippen LogP contribution is -2.06. The Balaban J connectivity index is 2.13. The minimum Gasteiger partial charge on any atom is -0.392 e. The van der Waals surface area contributed by atoms with Gasteiger partial charge in [-0.1, -0.05) is 25.1 Å². The van der Waals surface area contributed by atoms with Gasteiger partial charge in [-0.2, -0.15) is 0 Å². The molecule has 1 aromatic carbocycles. The van der Waals surface area contributed by atoms with Crippen LogP contribution in [0.4, 0.5) is 5.69 Å². The molecule has 1 atom stereocenters. The number of aliphatic hydroxyl groups excluding tert-OH is 1. The first-order valence-electron chi connectivity index (χ1n) is 6.28. The first-order chi connectivity index (χ1) is 8.74. The van der Waals surface area contributed by atoms with Gasteiger partial charge < -0.3 is 10.4 Å². The molecule has 0 saturated carbocycles. The minimum absolute atomic E-state index is 0.0700. The molecule has 1 unspecified atom stereocenters. The molecule has 3 heteroatoms. The summed E-state index contributed by atoms with van der Waals surface area (Å²) >= 11 is 1.85. The third kappa shape index (κ3) is 2.92. The summed E-state index contributed by atoms with van der Waals surface area (Å²) in [6.07, 6.45) is 1.09. The number of para-hydroxylation sites is 1. The molecule has 0 amide bonds. The van der Waals surface area contributed by atoms with Crippen molar-refractivity contribution in [3.05, 3.63) is 51.7 Å². The number of anilines is 1. The van der Waals surface area contributed by atoms with Gasteiger partial charge >= 0.3 is 0 Å². The van der Waals surface area contributed by atoms with Crippen LogP contribution in [0.2, 0.25) is 0 Å². The van der Waals surface area contributed by atoms with Crippen molar-refractivity contribution in [1.29, 1.82) is 0 Å². The van der Waals surface area contributed by atoms with E-state index in [4.69, 9.17) is 0 Å². The highest BCUT2D eigenvalue weighted by atomic mass is 32.1. The summed E-state index contributed by atoms with van der Waals surface area (Å²) < 4.78 is 0. The van der Waals surface area contributed by atoms with E-state index >= 15 is 0 Å². The Labute approximate surface area is 112 Å². The number of aryl methyl sites for hydroxylation is 1. The predicted molar refractivity (Wildman–Crippen MR) is 78.1 cm³/mol. The quantitative estimate of drug-likeness (QED) is 0.853. The number of hydrogen-bond donors (Lipinski definition) is 2. The average molecular weight is 261 g/mol. The Hall–Kier alpha value is -1.32. The predicted octanol–water partition coefficient (Wildman–Crippen LogP) is 3.98. The van der Waals surface area contributed by atoms with Crippen molar-refractivity contribution in [2.75, 3.05) is 5.32 Å². The molecule has 96 valence electrons. The fraction of sp³-hybridized carbons (Fsp3) is 0.333. The third-order valence-corrected chi connectivity index (χ3v) is 4.43. The maximum atomic E-state index is 9.31. The zero-order valence-electron chi connectivity index (χ0n) is 10.8. The van der Waals surface area contributed by atoms with Crippen LogP contribution in [0.25, 0.3) is 0 Å². The SMILES string of the molecule is CCc1ccc(C(C)Nc2ccccc2CO)s1. The van der Waals surface area contributed by atoms with E-state index < -0.39 is 0 Å². The van der Waals surface area contributed by atoms with Gasteiger partial charge in [-0.3, -0.25) is 0 Å². The van der Waals surface area contributed by atoms with Gasteiger partial charge in [-0.25, -0.2) is 0 Å². The van der Waals surface area contributed by atoms with Crippen molar-refractivity contribution in [3.8, 4) is 0 Å². The Bertz CT molecular complexity index is 507. The van der Waals surface area contributed by atoms with Gasteiger partial charge in [-0.05, 0) is 31.5 Å². The molecule has 1 heterocycles. The number of thiophene rings is 1. The van der Waals surface area contributed by atoms with Crippen LogP contribution in [0.5, 0.6) is 0 Å². The van der Waals surface area contributed by atoms with Crippen LogP contribution in [0.15, 0.2) is 36.4 Å². The van der Waals surface area contributed by atoms with Gasteiger partial charge in [-0.15, -0.1) is 11.3 Å². The highest BCUT2D eigenvalue weighted by molar-refractivity contribution is 7.12. The lowest BCUT2D eigenvalue weighted by atomic mass is 10.1. The van der Waals surface area contributed by atoms with Gasteiger partial charge in [0.15, 0.2) is 0 Å². The van der Waals surface area contributed by atoms with Gasteiger partial charge in [0.2, 0.25) is 0 Å². The normalized spacial score (nSPS) is 12.4. The first-order valence-corrected chi connectivity index (χ1v) is 7.10. The number of nitrogens with one attached hydrogen (secondary N) is 1. The smallest absolute Gasteiger partial charge is 0.0701 e. The van der Waals surface area contributed by atoms with Crippen molar-refractivity contribution >= 4 is 17.0 Å². The molecule has 2 N–H and O–H groups in total. The molecule has 2 aromatic rings. The number of benzene rings is 1. The van der Waals surface area contributed by atoms with E-state index in [0.29, 0.717) is 0 Å². The molecule has 18 heavy (non-hydrogen) atoms. The van der Waals surface area contributed by atoms with Crippen LogP contribution in [-0.4, -0.2) is 5.11 Å². The minimum atomic E-state index is 0.0700. The zero-order valence-corrected chi connectivity index (χ0v) is 11.6. The van der Waals surface area contributed by atoms with Crippen LogP contribution in [-0.2, 0) is 13.0 Å². The Kier molecular flexibility index (Phi) is 4.39. The zero-order chi connectivity index (χ0) is 13.0. The van der Waals surface area contributed by atoms with Crippen molar-refractivity contribution in [2.45, 2.75) is 32.9 Å². The maximum Gasteiger partial charge on any atom is 0.0701 e. The van der Waals surface area contributed by atoms with Gasteiger partial charge in [0.05, 0.1) is 12.6 Å². The molecular weight excluding hydrogens is 242 g/mol. The molecule has 0 saturated heterocycles. The van der Waals surface area contributed by atoms with E-state index in [1.165, 1.54) is 9.75 Å². The number of rotatable bonds is 5. The summed E-state index contributed by atoms with van der Waals surface area (Å²) in [6, 6.07) is 12.5. The summed E-state index contributed by atoms with van der Waals surface area (Å²) in [5.74, 6) is 0. The summed E-state index contributed by atoms with van der Waals surface area (Å²) in [5.41, 5.74) is 1.95. The van der Waals surface area contributed by atoms with E-state index in [9.17, 15) is 5.11 Å². The van der Waals surface area contributed by atoms with Crippen molar-refractivity contribution in [3.63, 3.8) is 0 Å². The fourth-order valence-electron chi connectivity index (χ4n) is 1.92. The van der Waals surface area contributed by atoms with Gasteiger partial charge in [0.25, 0.3) is 0 Å². The van der Waals surface area contributed by atoms with E-state index in [0.717, 1.165) is 17.7 Å². The molecule has 0 radical (unpaired) electrons. The number of hydrogen-bond acceptors (Lipinski definition) is 3. The Morgan fingerprint density at radius 1 is 1.22 bits per heavy atom. The molecule has 1 aromatic heterocycles. The van der Waals surface area contributed by atoms with Gasteiger partial charge in [0.1, 0.15) is 0 Å². The van der Waals surface area contributed by atoms with E-state index in [1.807, 2.05) is 35.6 Å². The molecule has 0 aliphatic rings. The molecule has 0 aliphatic carbocycles. The molecule has 0 aliphatic heterocycles. The summed E-state index contributed by atoms with van der Waals surface area (Å²) in [4.78, 5) is 2.74. The second-order valence-electron chi connectivity index (χ2n) is 4.34. The van der Waals surface area contributed by atoms with E-state index in [2.05, 4.69) is 31.3 Å². The summed E-state index contributed by atoms with van der Waals surface area (Å²) in [6.45, 7) is 4.40.